The van der Waals surface area contributed by atoms with Gasteiger partial charge in [0.05, 0.1) is 11.6 Å². The molecule has 3 rings (SSSR count). The molecule has 0 bridgehead atoms. The first-order valence-electron chi connectivity index (χ1n) is 6.68. The largest absolute Gasteiger partial charge is 0.323 e. The lowest BCUT2D eigenvalue weighted by atomic mass is 10.1. The average Bonchev–Trinajstić information content (AvgIpc) is 2.47. The highest BCUT2D eigenvalue weighted by Gasteiger charge is 2.09. The van der Waals surface area contributed by atoms with Gasteiger partial charge in [0.15, 0.2) is 0 Å². The summed E-state index contributed by atoms with van der Waals surface area (Å²) in [6, 6.07) is 9.41. The molecule has 6 nitrogen and oxygen atoms in total. The van der Waals surface area contributed by atoms with Gasteiger partial charge in [-0.3, -0.25) is 9.78 Å². The Morgan fingerprint density at radius 3 is 2.90 bits per heavy atom. The van der Waals surface area contributed by atoms with Crippen molar-refractivity contribution in [3.8, 4) is 0 Å². The predicted molar refractivity (Wildman–Crippen MR) is 79.8 cm³/mol. The fourth-order valence-corrected chi connectivity index (χ4v) is 2.19. The molecular weight excluding hydrogens is 266 g/mol. The topological polar surface area (TPSA) is 97.5 Å². The number of nitrogens with two attached hydrogens (primary N) is 1. The molecule has 2 heterocycles. The van der Waals surface area contributed by atoms with Gasteiger partial charge in [-0.15, -0.1) is 10.2 Å². The van der Waals surface area contributed by atoms with Crippen molar-refractivity contribution in [1.29, 1.82) is 0 Å². The van der Waals surface area contributed by atoms with Gasteiger partial charge in [0.1, 0.15) is 11.5 Å². The van der Waals surface area contributed by atoms with Gasteiger partial charge in [-0.05, 0) is 30.7 Å². The molecule has 6 heteroatoms. The lowest BCUT2D eigenvalue weighted by Crippen LogP contribution is -2.24. The maximum atomic E-state index is 11.8. The Morgan fingerprint density at radius 2 is 2.14 bits per heavy atom. The highest BCUT2D eigenvalue weighted by atomic mass is 16.1. The lowest BCUT2D eigenvalue weighted by Gasteiger charge is -2.05. The molecule has 0 saturated carbocycles. The molecule has 0 amide bonds. The summed E-state index contributed by atoms with van der Waals surface area (Å²) in [5, 5.41) is 8.99. The second-order valence-electron chi connectivity index (χ2n) is 4.98. The average molecular weight is 281 g/mol. The number of nitrogens with one attached hydrogen (secondary N) is 1. The Kier molecular flexibility index (Phi) is 3.45. The monoisotopic (exact) mass is 281 g/mol. The summed E-state index contributed by atoms with van der Waals surface area (Å²) in [5.41, 5.74) is 7.60. The van der Waals surface area contributed by atoms with E-state index in [1.54, 1.807) is 13.1 Å². The number of benzene rings is 1. The van der Waals surface area contributed by atoms with Crippen LogP contribution in [0.15, 0.2) is 41.3 Å². The highest BCUT2D eigenvalue weighted by molar-refractivity contribution is 5.78. The summed E-state index contributed by atoms with van der Waals surface area (Å²) in [6.07, 6.45) is 2.27. The van der Waals surface area contributed by atoms with E-state index < -0.39 is 6.04 Å². The van der Waals surface area contributed by atoms with Crippen LogP contribution in [0.5, 0.6) is 0 Å². The number of nitrogens with zero attached hydrogens (tertiary/aromatic N) is 3. The van der Waals surface area contributed by atoms with Gasteiger partial charge in [-0.2, -0.15) is 0 Å². The number of aromatic nitrogens is 4. The number of hydrogen-bond acceptors (Lipinski definition) is 5. The molecule has 0 saturated heterocycles. The van der Waals surface area contributed by atoms with E-state index in [0.29, 0.717) is 12.2 Å². The Hall–Kier alpha value is -2.60. The van der Waals surface area contributed by atoms with E-state index in [0.717, 1.165) is 16.5 Å². The number of aromatic amines is 1. The third-order valence-corrected chi connectivity index (χ3v) is 3.24. The molecule has 106 valence electrons. The third kappa shape index (κ3) is 2.80. The van der Waals surface area contributed by atoms with Crippen LogP contribution in [0.25, 0.3) is 10.9 Å². The molecule has 1 unspecified atom stereocenters. The van der Waals surface area contributed by atoms with Crippen molar-refractivity contribution in [1.82, 2.24) is 20.2 Å². The molecule has 0 aliphatic carbocycles. The van der Waals surface area contributed by atoms with E-state index in [4.69, 9.17) is 5.73 Å². The number of fused-ring (bicyclic) bond motifs is 1. The first kappa shape index (κ1) is 13.4. The van der Waals surface area contributed by atoms with Crippen LogP contribution in [0.3, 0.4) is 0 Å². The number of hydrogen-bond donors (Lipinski definition) is 2. The van der Waals surface area contributed by atoms with Gasteiger partial charge < -0.3 is 10.7 Å². The van der Waals surface area contributed by atoms with E-state index in [9.17, 15) is 4.79 Å². The zero-order chi connectivity index (χ0) is 14.8. The maximum Gasteiger partial charge on any atom is 0.274 e. The van der Waals surface area contributed by atoms with Crippen LogP contribution in [-0.2, 0) is 6.42 Å². The first-order chi connectivity index (χ1) is 10.1. The second-order valence-corrected chi connectivity index (χ2v) is 4.98. The fraction of sp³-hybridized carbons (Fsp3) is 0.200. The van der Waals surface area contributed by atoms with Gasteiger partial charge in [-0.25, -0.2) is 0 Å². The van der Waals surface area contributed by atoms with E-state index in [2.05, 4.69) is 20.2 Å². The normalized spacial score (nSPS) is 12.5. The summed E-state index contributed by atoms with van der Waals surface area (Å²) < 4.78 is 0. The van der Waals surface area contributed by atoms with Crippen LogP contribution in [0.2, 0.25) is 0 Å². The zero-order valence-electron chi connectivity index (χ0n) is 11.6. The molecule has 0 radical (unpaired) electrons. The van der Waals surface area contributed by atoms with Crippen molar-refractivity contribution < 1.29 is 0 Å². The molecule has 3 aromatic rings. The minimum atomic E-state index is -0.429. The van der Waals surface area contributed by atoms with Crippen LogP contribution >= 0.6 is 0 Å². The van der Waals surface area contributed by atoms with Gasteiger partial charge in [0, 0.05) is 18.0 Å². The van der Waals surface area contributed by atoms with Crippen molar-refractivity contribution in [2.24, 2.45) is 5.73 Å². The zero-order valence-corrected chi connectivity index (χ0v) is 11.6. The van der Waals surface area contributed by atoms with Crippen molar-refractivity contribution >= 4 is 10.9 Å². The molecule has 1 atom stereocenters. The van der Waals surface area contributed by atoms with Crippen LogP contribution in [0.1, 0.15) is 30.0 Å². The minimum Gasteiger partial charge on any atom is -0.323 e. The fourth-order valence-electron chi connectivity index (χ4n) is 2.19. The van der Waals surface area contributed by atoms with E-state index in [1.165, 1.54) is 0 Å². The van der Waals surface area contributed by atoms with Crippen molar-refractivity contribution in [3.05, 3.63) is 64.0 Å². The standard InChI is InChI=1S/C15H15N5O/c1-9(16)14-15(21)18-13(19-20-14)8-10-4-5-12-11(7-10)3-2-6-17-12/h2-7,9H,8,16H2,1H3,(H,18,19,21). The Labute approximate surface area is 121 Å². The number of rotatable bonds is 3. The Bertz CT molecular complexity index is 841. The van der Waals surface area contributed by atoms with E-state index in [1.807, 2.05) is 30.3 Å². The summed E-state index contributed by atoms with van der Waals surface area (Å²) in [6.45, 7) is 1.70. The van der Waals surface area contributed by atoms with Gasteiger partial charge in [0.2, 0.25) is 0 Å². The minimum absolute atomic E-state index is 0.251. The highest BCUT2D eigenvalue weighted by Crippen LogP contribution is 2.14. The number of H-pyrrole nitrogens is 1. The molecule has 0 aliphatic heterocycles. The van der Waals surface area contributed by atoms with Gasteiger partial charge >= 0.3 is 0 Å². The molecular formula is C15H15N5O. The number of pyridine rings is 1. The van der Waals surface area contributed by atoms with Crippen LogP contribution in [0.4, 0.5) is 0 Å². The van der Waals surface area contributed by atoms with E-state index >= 15 is 0 Å². The quantitative estimate of drug-likeness (QED) is 0.754. The molecule has 0 aliphatic rings. The van der Waals surface area contributed by atoms with Crippen LogP contribution in [-0.4, -0.2) is 20.2 Å². The summed E-state index contributed by atoms with van der Waals surface area (Å²) in [5.74, 6) is 0.521. The maximum absolute atomic E-state index is 11.8. The van der Waals surface area contributed by atoms with Gasteiger partial charge in [0.25, 0.3) is 5.56 Å². The Morgan fingerprint density at radius 1 is 1.29 bits per heavy atom. The molecule has 1 aromatic carbocycles. The molecule has 2 aromatic heterocycles. The summed E-state index contributed by atoms with van der Waals surface area (Å²) in [4.78, 5) is 18.8. The third-order valence-electron chi connectivity index (χ3n) is 3.24. The van der Waals surface area contributed by atoms with Crippen molar-refractivity contribution in [3.63, 3.8) is 0 Å². The lowest BCUT2D eigenvalue weighted by molar-refractivity contribution is 0.703. The summed E-state index contributed by atoms with van der Waals surface area (Å²) >= 11 is 0. The molecule has 3 N–H and O–H groups in total. The Balaban J connectivity index is 1.91. The van der Waals surface area contributed by atoms with Crippen molar-refractivity contribution in [2.45, 2.75) is 19.4 Å². The smallest absolute Gasteiger partial charge is 0.274 e. The van der Waals surface area contributed by atoms with Crippen molar-refractivity contribution in [2.75, 3.05) is 0 Å². The second kappa shape index (κ2) is 5.41. The SMILES string of the molecule is CC(N)c1nnc(Cc2ccc3ncccc3c2)[nH]c1=O. The van der Waals surface area contributed by atoms with E-state index in [-0.39, 0.29) is 11.3 Å². The van der Waals surface area contributed by atoms with Crippen LogP contribution < -0.4 is 11.3 Å². The first-order valence-corrected chi connectivity index (χ1v) is 6.68. The summed E-state index contributed by atoms with van der Waals surface area (Å²) in [7, 11) is 0. The van der Waals surface area contributed by atoms with Gasteiger partial charge in [-0.1, -0.05) is 12.1 Å². The predicted octanol–water partition coefficient (Wildman–Crippen LogP) is 1.32. The molecule has 21 heavy (non-hydrogen) atoms. The molecule has 0 spiro atoms. The van der Waals surface area contributed by atoms with Crippen LogP contribution in [0, 0.1) is 0 Å². The molecule has 0 fully saturated rings.